The first-order valence-corrected chi connectivity index (χ1v) is 5.60. The summed E-state index contributed by atoms with van der Waals surface area (Å²) >= 11 is 0. The third-order valence-corrected chi connectivity index (χ3v) is 2.74. The summed E-state index contributed by atoms with van der Waals surface area (Å²) in [4.78, 5) is 11.7. The van der Waals surface area contributed by atoms with E-state index < -0.39 is 0 Å². The molecule has 3 nitrogen and oxygen atoms in total. The summed E-state index contributed by atoms with van der Waals surface area (Å²) in [5, 5.41) is 0. The Morgan fingerprint density at radius 2 is 2.06 bits per heavy atom. The molecule has 0 radical (unpaired) electrons. The molecule has 3 heteroatoms. The maximum atomic E-state index is 11.7. The topological polar surface area (TPSA) is 52.3 Å². The number of hydrogen-bond acceptors (Lipinski definition) is 3. The van der Waals surface area contributed by atoms with E-state index in [1.54, 1.807) is 6.07 Å². The van der Waals surface area contributed by atoms with Gasteiger partial charge in [0.2, 0.25) is 0 Å². The van der Waals surface area contributed by atoms with Crippen LogP contribution in [0, 0.1) is 13.8 Å². The molecule has 1 aromatic carbocycles. The monoisotopic (exact) mass is 221 g/mol. The number of ether oxygens (including phenoxy) is 1. The van der Waals surface area contributed by atoms with Gasteiger partial charge in [-0.2, -0.15) is 0 Å². The van der Waals surface area contributed by atoms with Crippen LogP contribution in [0.4, 0.5) is 5.69 Å². The Hall–Kier alpha value is -1.51. The summed E-state index contributed by atoms with van der Waals surface area (Å²) in [6, 6.07) is 3.62. The highest BCUT2D eigenvalue weighted by Gasteiger charge is 2.13. The van der Waals surface area contributed by atoms with E-state index in [1.807, 2.05) is 19.9 Å². The Labute approximate surface area is 96.6 Å². The fourth-order valence-electron chi connectivity index (χ4n) is 1.40. The van der Waals surface area contributed by atoms with Gasteiger partial charge < -0.3 is 10.5 Å². The number of benzene rings is 1. The van der Waals surface area contributed by atoms with Gasteiger partial charge in [-0.25, -0.2) is 4.79 Å². The van der Waals surface area contributed by atoms with Crippen LogP contribution >= 0.6 is 0 Å². The van der Waals surface area contributed by atoms with Crippen molar-refractivity contribution in [3.05, 3.63) is 28.8 Å². The molecule has 0 spiro atoms. The summed E-state index contributed by atoms with van der Waals surface area (Å²) in [7, 11) is 0. The van der Waals surface area contributed by atoms with Gasteiger partial charge in [0.25, 0.3) is 0 Å². The lowest BCUT2D eigenvalue weighted by Crippen LogP contribution is -2.10. The zero-order valence-corrected chi connectivity index (χ0v) is 10.2. The summed E-state index contributed by atoms with van der Waals surface area (Å²) in [6.07, 6.45) is 1.90. The molecule has 0 unspecified atom stereocenters. The first-order chi connectivity index (χ1) is 7.57. The van der Waals surface area contributed by atoms with Gasteiger partial charge in [0.15, 0.2) is 0 Å². The van der Waals surface area contributed by atoms with Crippen LogP contribution in [0.5, 0.6) is 0 Å². The normalized spacial score (nSPS) is 10.2. The van der Waals surface area contributed by atoms with E-state index in [0.29, 0.717) is 17.9 Å². The van der Waals surface area contributed by atoms with E-state index in [9.17, 15) is 4.79 Å². The Balaban J connectivity index is 2.80. The first-order valence-electron chi connectivity index (χ1n) is 5.60. The fraction of sp³-hybridized carbons (Fsp3) is 0.462. The third kappa shape index (κ3) is 2.75. The molecule has 0 saturated heterocycles. The predicted molar refractivity (Wildman–Crippen MR) is 65.5 cm³/mol. The average molecular weight is 221 g/mol. The average Bonchev–Trinajstić information content (AvgIpc) is 2.26. The second kappa shape index (κ2) is 5.54. The summed E-state index contributed by atoms with van der Waals surface area (Å²) in [5.41, 5.74) is 8.92. The minimum absolute atomic E-state index is 0.325. The van der Waals surface area contributed by atoms with Gasteiger partial charge in [0.05, 0.1) is 12.2 Å². The molecule has 0 amide bonds. The molecule has 0 aliphatic rings. The maximum Gasteiger partial charge on any atom is 0.340 e. The van der Waals surface area contributed by atoms with E-state index in [4.69, 9.17) is 10.5 Å². The zero-order valence-electron chi connectivity index (χ0n) is 10.2. The lowest BCUT2D eigenvalue weighted by atomic mass is 10.0. The van der Waals surface area contributed by atoms with Crippen molar-refractivity contribution in [2.24, 2.45) is 0 Å². The van der Waals surface area contributed by atoms with Crippen LogP contribution in [-0.2, 0) is 4.74 Å². The molecular weight excluding hydrogens is 202 g/mol. The van der Waals surface area contributed by atoms with Crippen LogP contribution in [0.25, 0.3) is 0 Å². The van der Waals surface area contributed by atoms with Crippen LogP contribution in [0.15, 0.2) is 12.1 Å². The number of unbranched alkanes of at least 4 members (excludes halogenated alkanes) is 1. The standard InChI is InChI=1S/C13H19NO2/c1-4-5-8-16-13(15)11-7-6-9(2)10(3)12(11)14/h6-7H,4-5,8,14H2,1-3H3. The second-order valence-corrected chi connectivity index (χ2v) is 3.96. The quantitative estimate of drug-likeness (QED) is 0.483. The summed E-state index contributed by atoms with van der Waals surface area (Å²) in [5.74, 6) is -0.325. The first kappa shape index (κ1) is 12.6. The molecule has 1 rings (SSSR count). The SMILES string of the molecule is CCCCOC(=O)c1ccc(C)c(C)c1N. The summed E-state index contributed by atoms with van der Waals surface area (Å²) in [6.45, 7) is 6.39. The van der Waals surface area contributed by atoms with Crippen molar-refractivity contribution in [2.75, 3.05) is 12.3 Å². The van der Waals surface area contributed by atoms with Crippen molar-refractivity contribution in [3.8, 4) is 0 Å². The number of aryl methyl sites for hydroxylation is 1. The van der Waals surface area contributed by atoms with E-state index in [0.717, 1.165) is 24.0 Å². The molecular formula is C13H19NO2. The molecule has 0 aliphatic heterocycles. The van der Waals surface area contributed by atoms with Crippen molar-refractivity contribution in [3.63, 3.8) is 0 Å². The number of esters is 1. The molecule has 0 bridgehead atoms. The number of hydrogen-bond donors (Lipinski definition) is 1. The highest BCUT2D eigenvalue weighted by Crippen LogP contribution is 2.21. The van der Waals surface area contributed by atoms with Crippen LogP contribution in [0.2, 0.25) is 0 Å². The van der Waals surface area contributed by atoms with E-state index in [2.05, 4.69) is 6.92 Å². The van der Waals surface area contributed by atoms with Crippen molar-refractivity contribution >= 4 is 11.7 Å². The van der Waals surface area contributed by atoms with Gasteiger partial charge in [-0.3, -0.25) is 0 Å². The van der Waals surface area contributed by atoms with E-state index in [1.165, 1.54) is 0 Å². The number of rotatable bonds is 4. The molecule has 0 saturated carbocycles. The Morgan fingerprint density at radius 1 is 1.38 bits per heavy atom. The largest absolute Gasteiger partial charge is 0.462 e. The Kier molecular flexibility index (Phi) is 4.35. The Morgan fingerprint density at radius 3 is 2.69 bits per heavy atom. The molecule has 0 fully saturated rings. The Bertz CT molecular complexity index is 386. The van der Waals surface area contributed by atoms with E-state index >= 15 is 0 Å². The summed E-state index contributed by atoms with van der Waals surface area (Å²) < 4.78 is 5.13. The fourth-order valence-corrected chi connectivity index (χ4v) is 1.40. The van der Waals surface area contributed by atoms with Crippen molar-refractivity contribution in [1.29, 1.82) is 0 Å². The lowest BCUT2D eigenvalue weighted by molar-refractivity contribution is 0.0501. The minimum Gasteiger partial charge on any atom is -0.462 e. The second-order valence-electron chi connectivity index (χ2n) is 3.96. The van der Waals surface area contributed by atoms with Gasteiger partial charge in [-0.15, -0.1) is 0 Å². The zero-order chi connectivity index (χ0) is 12.1. The van der Waals surface area contributed by atoms with Crippen molar-refractivity contribution < 1.29 is 9.53 Å². The number of carbonyl (C=O) groups excluding carboxylic acids is 1. The minimum atomic E-state index is -0.325. The van der Waals surface area contributed by atoms with Gasteiger partial charge in [0.1, 0.15) is 0 Å². The number of anilines is 1. The molecule has 0 aliphatic carbocycles. The maximum absolute atomic E-state index is 11.7. The van der Waals surface area contributed by atoms with Crippen LogP contribution in [0.3, 0.4) is 0 Å². The number of nitrogen functional groups attached to an aromatic ring is 1. The number of carbonyl (C=O) groups is 1. The predicted octanol–water partition coefficient (Wildman–Crippen LogP) is 2.84. The molecule has 0 aromatic heterocycles. The van der Waals surface area contributed by atoms with Crippen molar-refractivity contribution in [2.45, 2.75) is 33.6 Å². The van der Waals surface area contributed by atoms with Crippen LogP contribution in [0.1, 0.15) is 41.3 Å². The highest BCUT2D eigenvalue weighted by atomic mass is 16.5. The molecule has 0 atom stereocenters. The molecule has 16 heavy (non-hydrogen) atoms. The molecule has 1 aromatic rings. The highest BCUT2D eigenvalue weighted by molar-refractivity contribution is 5.96. The van der Waals surface area contributed by atoms with Crippen molar-refractivity contribution in [1.82, 2.24) is 0 Å². The van der Waals surface area contributed by atoms with E-state index in [-0.39, 0.29) is 5.97 Å². The van der Waals surface area contributed by atoms with Gasteiger partial charge in [-0.1, -0.05) is 19.4 Å². The van der Waals surface area contributed by atoms with Gasteiger partial charge >= 0.3 is 5.97 Å². The lowest BCUT2D eigenvalue weighted by Gasteiger charge is -2.10. The number of nitrogens with two attached hydrogens (primary N) is 1. The molecule has 0 heterocycles. The smallest absolute Gasteiger partial charge is 0.340 e. The molecule has 2 N–H and O–H groups in total. The van der Waals surface area contributed by atoms with Crippen LogP contribution in [-0.4, -0.2) is 12.6 Å². The third-order valence-electron chi connectivity index (χ3n) is 2.74. The van der Waals surface area contributed by atoms with Gasteiger partial charge in [-0.05, 0) is 37.5 Å². The van der Waals surface area contributed by atoms with Gasteiger partial charge in [0, 0.05) is 5.69 Å². The molecule has 88 valence electrons. The van der Waals surface area contributed by atoms with Crippen LogP contribution < -0.4 is 5.73 Å².